The van der Waals surface area contributed by atoms with E-state index in [0.29, 0.717) is 15.9 Å². The number of nitrogens with zero attached hydrogens (tertiary/aromatic N) is 3. The minimum atomic E-state index is -3.75. The van der Waals surface area contributed by atoms with Crippen molar-refractivity contribution in [3.05, 3.63) is 59.2 Å². The number of ether oxygens (including phenoxy) is 2. The van der Waals surface area contributed by atoms with Crippen molar-refractivity contribution < 1.29 is 17.9 Å². The molecule has 10 heteroatoms. The fourth-order valence-electron chi connectivity index (χ4n) is 4.41. The van der Waals surface area contributed by atoms with Crippen LogP contribution in [-0.4, -0.2) is 76.3 Å². The largest absolute Gasteiger partial charge is 0.493 e. The first-order chi connectivity index (χ1) is 16.8. The van der Waals surface area contributed by atoms with E-state index < -0.39 is 10.0 Å². The monoisotopic (exact) mass is 518 g/mol. The summed E-state index contributed by atoms with van der Waals surface area (Å²) in [4.78, 5) is 8.97. The molecule has 0 aliphatic carbocycles. The molecule has 0 saturated carbocycles. The zero-order valence-corrected chi connectivity index (χ0v) is 21.8. The molecule has 188 valence electrons. The van der Waals surface area contributed by atoms with Crippen LogP contribution >= 0.6 is 11.6 Å². The Morgan fingerprint density at radius 1 is 1.06 bits per heavy atom. The number of fused-ring (bicyclic) bond motifs is 1. The number of piperazine rings is 1. The third-order valence-electron chi connectivity index (χ3n) is 6.41. The van der Waals surface area contributed by atoms with E-state index in [4.69, 9.17) is 21.1 Å². The topological polar surface area (TPSA) is 84.0 Å². The van der Waals surface area contributed by atoms with Gasteiger partial charge in [-0.1, -0.05) is 17.7 Å². The zero-order chi connectivity index (χ0) is 25.0. The molecule has 1 fully saturated rings. The molecule has 1 aromatic heterocycles. The molecule has 1 N–H and O–H groups in total. The molecule has 1 aliphatic rings. The van der Waals surface area contributed by atoms with E-state index in [1.165, 1.54) is 11.6 Å². The SMILES string of the molecule is COc1ccc(CCN2CCN(C(C)NS(=O)(=O)c3ccc(Cl)c4ncccc34)CC2)cc1OC. The standard InChI is InChI=1S/C25H31ClN4O4S/c1-18(28-35(31,32)24-9-7-21(26)25-20(24)5-4-11-27-25)30-15-13-29(14-16-30)12-10-19-6-8-22(33-2)23(17-19)34-3/h4-9,11,17-18,28H,10,12-16H2,1-3H3. The van der Waals surface area contributed by atoms with Crippen LogP contribution in [-0.2, 0) is 16.4 Å². The minimum Gasteiger partial charge on any atom is -0.493 e. The highest BCUT2D eigenvalue weighted by Crippen LogP contribution is 2.29. The molecule has 1 aliphatic heterocycles. The van der Waals surface area contributed by atoms with Crippen molar-refractivity contribution in [2.24, 2.45) is 0 Å². The van der Waals surface area contributed by atoms with Crippen molar-refractivity contribution in [2.75, 3.05) is 46.9 Å². The van der Waals surface area contributed by atoms with Crippen molar-refractivity contribution in [1.29, 1.82) is 0 Å². The number of nitrogens with one attached hydrogen (secondary N) is 1. The highest BCUT2D eigenvalue weighted by molar-refractivity contribution is 7.89. The van der Waals surface area contributed by atoms with Gasteiger partial charge in [0.25, 0.3) is 0 Å². The van der Waals surface area contributed by atoms with Gasteiger partial charge in [-0.25, -0.2) is 8.42 Å². The van der Waals surface area contributed by atoms with Crippen molar-refractivity contribution in [2.45, 2.75) is 24.4 Å². The summed E-state index contributed by atoms with van der Waals surface area (Å²) < 4.78 is 39.9. The Balaban J connectivity index is 1.33. The first-order valence-corrected chi connectivity index (χ1v) is 13.4. The summed E-state index contributed by atoms with van der Waals surface area (Å²) in [6.45, 7) is 6.10. The molecule has 1 atom stereocenters. The Morgan fingerprint density at radius 3 is 2.51 bits per heavy atom. The maximum atomic E-state index is 13.2. The maximum Gasteiger partial charge on any atom is 0.242 e. The van der Waals surface area contributed by atoms with E-state index in [9.17, 15) is 8.42 Å². The van der Waals surface area contributed by atoms with Crippen LogP contribution in [0.2, 0.25) is 5.02 Å². The molecule has 1 saturated heterocycles. The molecule has 0 radical (unpaired) electrons. The van der Waals surface area contributed by atoms with Gasteiger partial charge in [0.05, 0.1) is 35.8 Å². The van der Waals surface area contributed by atoms with Gasteiger partial charge >= 0.3 is 0 Å². The fourth-order valence-corrected chi connectivity index (χ4v) is 6.05. The lowest BCUT2D eigenvalue weighted by Gasteiger charge is -2.38. The first kappa shape index (κ1) is 25.7. The summed E-state index contributed by atoms with van der Waals surface area (Å²) in [6, 6.07) is 12.6. The Morgan fingerprint density at radius 2 is 1.80 bits per heavy atom. The summed E-state index contributed by atoms with van der Waals surface area (Å²) in [6.07, 6.45) is 2.17. The second-order valence-electron chi connectivity index (χ2n) is 8.56. The smallest absolute Gasteiger partial charge is 0.242 e. The average Bonchev–Trinajstić information content (AvgIpc) is 2.87. The quantitative estimate of drug-likeness (QED) is 0.465. The maximum absolute atomic E-state index is 13.2. The normalized spacial score (nSPS) is 16.3. The molecule has 0 bridgehead atoms. The number of methoxy groups -OCH3 is 2. The lowest BCUT2D eigenvalue weighted by atomic mass is 10.1. The minimum absolute atomic E-state index is 0.186. The second kappa shape index (κ2) is 11.1. The van der Waals surface area contributed by atoms with Crippen LogP contribution in [0.25, 0.3) is 10.9 Å². The van der Waals surface area contributed by atoms with Crippen LogP contribution in [0.1, 0.15) is 12.5 Å². The molecule has 4 rings (SSSR count). The van der Waals surface area contributed by atoms with Crippen molar-refractivity contribution >= 4 is 32.5 Å². The average molecular weight is 519 g/mol. The lowest BCUT2D eigenvalue weighted by molar-refractivity contribution is 0.0988. The molecular weight excluding hydrogens is 488 g/mol. The van der Waals surface area contributed by atoms with Crippen LogP contribution in [0.3, 0.4) is 0 Å². The predicted octanol–water partition coefficient (Wildman–Crippen LogP) is 3.39. The summed E-state index contributed by atoms with van der Waals surface area (Å²) >= 11 is 6.21. The predicted molar refractivity (Wildman–Crippen MR) is 138 cm³/mol. The van der Waals surface area contributed by atoms with Gasteiger partial charge in [0, 0.05) is 44.3 Å². The molecule has 0 spiro atoms. The Kier molecular flexibility index (Phi) is 8.13. The fraction of sp³-hybridized carbons (Fsp3) is 0.400. The summed E-state index contributed by atoms with van der Waals surface area (Å²) in [5.41, 5.74) is 1.67. The molecule has 2 aromatic carbocycles. The number of pyridine rings is 1. The van der Waals surface area contributed by atoms with E-state index in [1.54, 1.807) is 38.6 Å². The number of sulfonamides is 1. The van der Waals surface area contributed by atoms with Gasteiger partial charge in [0.1, 0.15) is 0 Å². The Labute approximate surface area is 211 Å². The van der Waals surface area contributed by atoms with Gasteiger partial charge in [-0.3, -0.25) is 9.88 Å². The van der Waals surface area contributed by atoms with Gasteiger partial charge in [0.2, 0.25) is 10.0 Å². The first-order valence-electron chi connectivity index (χ1n) is 11.6. The van der Waals surface area contributed by atoms with Crippen molar-refractivity contribution in [1.82, 2.24) is 19.5 Å². The number of halogens is 1. The van der Waals surface area contributed by atoms with E-state index in [-0.39, 0.29) is 11.1 Å². The summed E-state index contributed by atoms with van der Waals surface area (Å²) in [5, 5.41) is 0.941. The highest BCUT2D eigenvalue weighted by Gasteiger charge is 2.26. The molecule has 2 heterocycles. The molecule has 0 amide bonds. The molecule has 1 unspecified atom stereocenters. The van der Waals surface area contributed by atoms with Gasteiger partial charge < -0.3 is 14.4 Å². The molecule has 35 heavy (non-hydrogen) atoms. The van der Waals surface area contributed by atoms with Crippen LogP contribution < -0.4 is 14.2 Å². The van der Waals surface area contributed by atoms with E-state index in [2.05, 4.69) is 25.6 Å². The van der Waals surface area contributed by atoms with E-state index in [1.807, 2.05) is 19.1 Å². The highest BCUT2D eigenvalue weighted by atomic mass is 35.5. The number of hydrogen-bond acceptors (Lipinski definition) is 7. The number of hydrogen-bond donors (Lipinski definition) is 1. The van der Waals surface area contributed by atoms with Crippen LogP contribution in [0, 0.1) is 0 Å². The summed E-state index contributed by atoms with van der Waals surface area (Å²) in [5.74, 6) is 1.46. The zero-order valence-electron chi connectivity index (χ0n) is 20.2. The third kappa shape index (κ3) is 5.87. The molecule has 8 nitrogen and oxygen atoms in total. The second-order valence-corrected chi connectivity index (χ2v) is 10.6. The Bertz CT molecular complexity index is 1280. The number of rotatable bonds is 9. The third-order valence-corrected chi connectivity index (χ3v) is 8.31. The molecule has 3 aromatic rings. The number of benzene rings is 2. The van der Waals surface area contributed by atoms with Crippen LogP contribution in [0.15, 0.2) is 53.6 Å². The van der Waals surface area contributed by atoms with E-state index in [0.717, 1.165) is 50.6 Å². The van der Waals surface area contributed by atoms with E-state index >= 15 is 0 Å². The lowest BCUT2D eigenvalue weighted by Crippen LogP contribution is -2.54. The van der Waals surface area contributed by atoms with Crippen molar-refractivity contribution in [3.8, 4) is 11.5 Å². The number of aromatic nitrogens is 1. The summed E-state index contributed by atoms with van der Waals surface area (Å²) in [7, 11) is -0.477. The van der Waals surface area contributed by atoms with Gasteiger partial charge in [-0.15, -0.1) is 0 Å². The van der Waals surface area contributed by atoms with Crippen LogP contribution in [0.5, 0.6) is 11.5 Å². The van der Waals surface area contributed by atoms with Gasteiger partial charge in [0.15, 0.2) is 11.5 Å². The van der Waals surface area contributed by atoms with Gasteiger partial charge in [-0.2, -0.15) is 4.72 Å². The van der Waals surface area contributed by atoms with Crippen molar-refractivity contribution in [3.63, 3.8) is 0 Å². The molecular formula is C25H31ClN4O4S. The van der Waals surface area contributed by atoms with Gasteiger partial charge in [-0.05, 0) is 55.3 Å². The Hall–Kier alpha value is -2.43. The van der Waals surface area contributed by atoms with Crippen LogP contribution in [0.4, 0.5) is 0 Å².